The molecule has 1 heterocycles. The van der Waals surface area contributed by atoms with E-state index in [4.69, 9.17) is 0 Å². The van der Waals surface area contributed by atoms with Gasteiger partial charge < -0.3 is 0 Å². The Kier molecular flexibility index (Phi) is 3.11. The first-order chi connectivity index (χ1) is 5.43. The Balaban J connectivity index is 2.64. The summed E-state index contributed by atoms with van der Waals surface area (Å²) in [4.78, 5) is 2.62. The van der Waals surface area contributed by atoms with E-state index in [1.54, 1.807) is 0 Å². The summed E-state index contributed by atoms with van der Waals surface area (Å²) in [7, 11) is 0. The van der Waals surface area contributed by atoms with Gasteiger partial charge in [-0.1, -0.05) is 20.8 Å². The maximum absolute atomic E-state index is 2.62. The number of hydrogen-bond acceptors (Lipinski definition) is 2. The zero-order chi connectivity index (χ0) is 9.35. The van der Waals surface area contributed by atoms with Crippen molar-refractivity contribution >= 4 is 11.8 Å². The second-order valence-electron chi connectivity index (χ2n) is 4.99. The first kappa shape index (κ1) is 10.4. The Labute approximate surface area is 80.9 Å². The molecule has 1 nitrogen and oxygen atoms in total. The Bertz CT molecular complexity index is 148. The van der Waals surface area contributed by atoms with Gasteiger partial charge in [0.1, 0.15) is 0 Å². The van der Waals surface area contributed by atoms with Crippen molar-refractivity contribution in [3.8, 4) is 0 Å². The van der Waals surface area contributed by atoms with E-state index in [0.29, 0.717) is 11.5 Å². The Morgan fingerprint density at radius 1 is 1.33 bits per heavy atom. The predicted molar refractivity (Wildman–Crippen MR) is 57.5 cm³/mol. The predicted octanol–water partition coefficient (Wildman–Crippen LogP) is 2.82. The number of hydrogen-bond donors (Lipinski definition) is 0. The van der Waals surface area contributed by atoms with Crippen LogP contribution in [0, 0.1) is 5.41 Å². The maximum Gasteiger partial charge on any atom is 0.0451 e. The standard InChI is InChI=1S/C10H21NS/c1-8(2)11-7-12-6-9(11)10(3,4)5/h8-9H,6-7H2,1-5H3. The third-order valence-electron chi connectivity index (χ3n) is 2.58. The molecule has 1 unspecified atom stereocenters. The molecule has 0 bridgehead atoms. The van der Waals surface area contributed by atoms with E-state index < -0.39 is 0 Å². The summed E-state index contributed by atoms with van der Waals surface area (Å²) in [6.07, 6.45) is 0. The SMILES string of the molecule is CC(C)N1CSCC1C(C)(C)C. The molecule has 12 heavy (non-hydrogen) atoms. The lowest BCUT2D eigenvalue weighted by atomic mass is 9.86. The third kappa shape index (κ3) is 2.17. The minimum atomic E-state index is 0.438. The van der Waals surface area contributed by atoms with Gasteiger partial charge in [0.2, 0.25) is 0 Å². The van der Waals surface area contributed by atoms with E-state index in [-0.39, 0.29) is 0 Å². The van der Waals surface area contributed by atoms with Crippen LogP contribution in [0.4, 0.5) is 0 Å². The minimum Gasteiger partial charge on any atom is -0.287 e. The molecule has 1 aliphatic heterocycles. The fourth-order valence-electron chi connectivity index (χ4n) is 1.71. The summed E-state index contributed by atoms with van der Waals surface area (Å²) >= 11 is 2.07. The van der Waals surface area contributed by atoms with Crippen LogP contribution in [0.15, 0.2) is 0 Å². The number of nitrogens with zero attached hydrogens (tertiary/aromatic N) is 1. The molecule has 72 valence electrons. The molecule has 0 aliphatic carbocycles. The highest BCUT2D eigenvalue weighted by Gasteiger charge is 2.35. The van der Waals surface area contributed by atoms with Crippen LogP contribution in [-0.2, 0) is 0 Å². The normalized spacial score (nSPS) is 27.0. The van der Waals surface area contributed by atoms with Gasteiger partial charge in [-0.3, -0.25) is 4.90 Å². The fraction of sp³-hybridized carbons (Fsp3) is 1.00. The number of thioether (sulfide) groups is 1. The van der Waals surface area contributed by atoms with Crippen LogP contribution in [0.25, 0.3) is 0 Å². The molecular weight excluding hydrogens is 166 g/mol. The lowest BCUT2D eigenvalue weighted by Gasteiger charge is -2.36. The topological polar surface area (TPSA) is 3.24 Å². The molecule has 0 saturated carbocycles. The minimum absolute atomic E-state index is 0.438. The highest BCUT2D eigenvalue weighted by molar-refractivity contribution is 7.99. The second-order valence-corrected chi connectivity index (χ2v) is 5.99. The summed E-state index contributed by atoms with van der Waals surface area (Å²) in [5, 5.41) is 0. The van der Waals surface area contributed by atoms with Crippen molar-refractivity contribution in [3.05, 3.63) is 0 Å². The van der Waals surface area contributed by atoms with Crippen molar-refractivity contribution in [1.29, 1.82) is 0 Å². The first-order valence-corrected chi connectivity index (χ1v) is 5.92. The summed E-state index contributed by atoms with van der Waals surface area (Å²) in [5.74, 6) is 2.53. The van der Waals surface area contributed by atoms with E-state index in [0.717, 1.165) is 6.04 Å². The van der Waals surface area contributed by atoms with Crippen molar-refractivity contribution in [2.45, 2.75) is 46.7 Å². The van der Waals surface area contributed by atoms with Gasteiger partial charge in [0.25, 0.3) is 0 Å². The summed E-state index contributed by atoms with van der Waals surface area (Å²) in [6.45, 7) is 11.6. The molecule has 1 aliphatic rings. The molecule has 0 radical (unpaired) electrons. The van der Waals surface area contributed by atoms with Crippen molar-refractivity contribution < 1.29 is 0 Å². The van der Waals surface area contributed by atoms with Gasteiger partial charge >= 0.3 is 0 Å². The molecule has 0 aromatic rings. The van der Waals surface area contributed by atoms with Crippen molar-refractivity contribution in [2.24, 2.45) is 5.41 Å². The molecule has 2 heteroatoms. The van der Waals surface area contributed by atoms with E-state index in [1.165, 1.54) is 11.6 Å². The van der Waals surface area contributed by atoms with Gasteiger partial charge in [0.05, 0.1) is 0 Å². The molecule has 0 aromatic carbocycles. The first-order valence-electron chi connectivity index (χ1n) is 4.76. The largest absolute Gasteiger partial charge is 0.287 e. The smallest absolute Gasteiger partial charge is 0.0451 e. The van der Waals surface area contributed by atoms with Gasteiger partial charge in [0.15, 0.2) is 0 Å². The summed E-state index contributed by atoms with van der Waals surface area (Å²) in [6, 6.07) is 1.46. The molecule has 0 spiro atoms. The van der Waals surface area contributed by atoms with E-state index >= 15 is 0 Å². The lowest BCUT2D eigenvalue weighted by Crippen LogP contribution is -2.44. The van der Waals surface area contributed by atoms with Gasteiger partial charge in [-0.2, -0.15) is 0 Å². The molecule has 1 fully saturated rings. The maximum atomic E-state index is 2.62. The molecule has 0 amide bonds. The summed E-state index contributed by atoms with van der Waals surface area (Å²) < 4.78 is 0. The van der Waals surface area contributed by atoms with Crippen molar-refractivity contribution in [1.82, 2.24) is 4.90 Å². The van der Waals surface area contributed by atoms with Crippen LogP contribution in [0.5, 0.6) is 0 Å². The monoisotopic (exact) mass is 187 g/mol. The third-order valence-corrected chi connectivity index (χ3v) is 3.61. The molecule has 1 saturated heterocycles. The molecule has 1 atom stereocenters. The highest BCUT2D eigenvalue weighted by atomic mass is 32.2. The molecule has 1 rings (SSSR count). The zero-order valence-electron chi connectivity index (χ0n) is 8.92. The Morgan fingerprint density at radius 2 is 1.92 bits per heavy atom. The average Bonchev–Trinajstić information content (AvgIpc) is 2.30. The highest BCUT2D eigenvalue weighted by Crippen LogP contribution is 2.34. The van der Waals surface area contributed by atoms with E-state index in [9.17, 15) is 0 Å². The Morgan fingerprint density at radius 3 is 2.25 bits per heavy atom. The second kappa shape index (κ2) is 3.59. The van der Waals surface area contributed by atoms with Crippen LogP contribution in [0.2, 0.25) is 0 Å². The molecule has 0 N–H and O–H groups in total. The van der Waals surface area contributed by atoms with Gasteiger partial charge in [-0.25, -0.2) is 0 Å². The molecule has 0 aromatic heterocycles. The van der Waals surface area contributed by atoms with Crippen molar-refractivity contribution in [3.63, 3.8) is 0 Å². The van der Waals surface area contributed by atoms with Crippen LogP contribution in [0.3, 0.4) is 0 Å². The van der Waals surface area contributed by atoms with Gasteiger partial charge in [-0.05, 0) is 19.3 Å². The van der Waals surface area contributed by atoms with E-state index in [2.05, 4.69) is 51.3 Å². The van der Waals surface area contributed by atoms with Crippen molar-refractivity contribution in [2.75, 3.05) is 11.6 Å². The van der Waals surface area contributed by atoms with Gasteiger partial charge in [0, 0.05) is 23.7 Å². The summed E-state index contributed by atoms with van der Waals surface area (Å²) in [5.41, 5.74) is 0.438. The van der Waals surface area contributed by atoms with Crippen LogP contribution in [-0.4, -0.2) is 28.6 Å². The Hall–Kier alpha value is 0.310. The van der Waals surface area contributed by atoms with Crippen LogP contribution >= 0.6 is 11.8 Å². The van der Waals surface area contributed by atoms with Crippen LogP contribution < -0.4 is 0 Å². The fourth-order valence-corrected chi connectivity index (χ4v) is 3.42. The average molecular weight is 187 g/mol. The van der Waals surface area contributed by atoms with E-state index in [1.807, 2.05) is 0 Å². The van der Waals surface area contributed by atoms with Gasteiger partial charge in [-0.15, -0.1) is 11.8 Å². The zero-order valence-corrected chi connectivity index (χ0v) is 9.74. The quantitative estimate of drug-likeness (QED) is 0.621. The van der Waals surface area contributed by atoms with Crippen LogP contribution in [0.1, 0.15) is 34.6 Å². The molecular formula is C10H21NS. The lowest BCUT2D eigenvalue weighted by molar-refractivity contribution is 0.119. The number of rotatable bonds is 1.